The molecule has 0 aliphatic heterocycles. The zero-order valence-corrected chi connectivity index (χ0v) is 13.8. The molecule has 1 N–H and O–H groups in total. The molecule has 0 saturated heterocycles. The van der Waals surface area contributed by atoms with Gasteiger partial charge in [0.05, 0.1) is 0 Å². The molecule has 1 aromatic heterocycles. The summed E-state index contributed by atoms with van der Waals surface area (Å²) in [5.41, 5.74) is 1.13. The molecule has 1 unspecified atom stereocenters. The van der Waals surface area contributed by atoms with E-state index in [0.717, 1.165) is 36.0 Å². The lowest BCUT2D eigenvalue weighted by Gasteiger charge is -2.28. The van der Waals surface area contributed by atoms with Crippen molar-refractivity contribution in [3.05, 3.63) is 11.4 Å². The van der Waals surface area contributed by atoms with Crippen LogP contribution in [0.4, 0.5) is 11.6 Å². The molecule has 0 spiro atoms. The molecule has 108 valence electrons. The van der Waals surface area contributed by atoms with Crippen LogP contribution in [0.25, 0.3) is 0 Å². The van der Waals surface area contributed by atoms with Crippen molar-refractivity contribution in [3.63, 3.8) is 0 Å². The highest BCUT2D eigenvalue weighted by Gasteiger charge is 2.16. The molecule has 0 amide bonds. The standard InChI is InChI=1S/C14H26N4S/c1-7-15-13-11(3)14(17-12(4)16-13)18(5)10(2)8-9-19-6/h10H,7-9H2,1-6H3,(H,15,16,17). The summed E-state index contributed by atoms with van der Waals surface area (Å²) in [7, 11) is 2.12. The van der Waals surface area contributed by atoms with Crippen LogP contribution < -0.4 is 10.2 Å². The first-order valence-electron chi connectivity index (χ1n) is 6.82. The van der Waals surface area contributed by atoms with Crippen LogP contribution in [-0.2, 0) is 0 Å². The van der Waals surface area contributed by atoms with Crippen molar-refractivity contribution in [2.75, 3.05) is 35.8 Å². The highest BCUT2D eigenvalue weighted by Crippen LogP contribution is 2.24. The van der Waals surface area contributed by atoms with Crippen LogP contribution in [0.15, 0.2) is 0 Å². The first-order chi connectivity index (χ1) is 9.01. The summed E-state index contributed by atoms with van der Waals surface area (Å²) < 4.78 is 0. The Balaban J connectivity index is 2.98. The van der Waals surface area contributed by atoms with Crippen LogP contribution in [-0.4, -0.2) is 41.6 Å². The van der Waals surface area contributed by atoms with Crippen LogP contribution in [0.2, 0.25) is 0 Å². The van der Waals surface area contributed by atoms with Gasteiger partial charge in [-0.2, -0.15) is 11.8 Å². The molecule has 1 rings (SSSR count). The third-order valence-electron chi connectivity index (χ3n) is 3.31. The quantitative estimate of drug-likeness (QED) is 0.832. The monoisotopic (exact) mass is 282 g/mol. The number of nitrogens with one attached hydrogen (secondary N) is 1. The minimum Gasteiger partial charge on any atom is -0.370 e. The lowest BCUT2D eigenvalue weighted by molar-refractivity contribution is 0.658. The second-order valence-electron chi connectivity index (χ2n) is 4.84. The van der Waals surface area contributed by atoms with Gasteiger partial charge in [0, 0.05) is 25.2 Å². The highest BCUT2D eigenvalue weighted by atomic mass is 32.2. The van der Waals surface area contributed by atoms with E-state index in [1.165, 1.54) is 5.75 Å². The maximum Gasteiger partial charge on any atom is 0.137 e. The largest absolute Gasteiger partial charge is 0.370 e. The summed E-state index contributed by atoms with van der Waals surface area (Å²) in [6.45, 7) is 9.25. The normalized spacial score (nSPS) is 12.3. The van der Waals surface area contributed by atoms with Gasteiger partial charge in [0.15, 0.2) is 0 Å². The lowest BCUT2D eigenvalue weighted by Crippen LogP contribution is -2.31. The third-order valence-corrected chi connectivity index (χ3v) is 3.96. The highest BCUT2D eigenvalue weighted by molar-refractivity contribution is 7.98. The molecular formula is C14H26N4S. The Kier molecular flexibility index (Phi) is 6.42. The molecule has 5 heteroatoms. The zero-order valence-electron chi connectivity index (χ0n) is 12.9. The minimum absolute atomic E-state index is 0.481. The van der Waals surface area contributed by atoms with Gasteiger partial charge in [-0.15, -0.1) is 0 Å². The average molecular weight is 282 g/mol. The number of aryl methyl sites for hydroxylation is 1. The van der Waals surface area contributed by atoms with Crippen molar-refractivity contribution in [1.29, 1.82) is 0 Å². The van der Waals surface area contributed by atoms with Crippen LogP contribution >= 0.6 is 11.8 Å². The van der Waals surface area contributed by atoms with Gasteiger partial charge in [0.25, 0.3) is 0 Å². The van der Waals surface area contributed by atoms with E-state index in [9.17, 15) is 0 Å². The summed E-state index contributed by atoms with van der Waals surface area (Å²) in [5, 5.41) is 3.31. The van der Waals surface area contributed by atoms with Gasteiger partial charge in [0.2, 0.25) is 0 Å². The van der Waals surface area contributed by atoms with E-state index in [2.05, 4.69) is 54.3 Å². The number of thioether (sulfide) groups is 1. The molecular weight excluding hydrogens is 256 g/mol. The second kappa shape index (κ2) is 7.58. The first-order valence-corrected chi connectivity index (χ1v) is 8.21. The molecule has 1 heterocycles. The maximum absolute atomic E-state index is 4.61. The van der Waals surface area contributed by atoms with Crippen molar-refractivity contribution in [2.24, 2.45) is 0 Å². The Morgan fingerprint density at radius 1 is 1.32 bits per heavy atom. The van der Waals surface area contributed by atoms with Crippen molar-refractivity contribution < 1.29 is 0 Å². The molecule has 1 atom stereocenters. The number of anilines is 2. The Hall–Kier alpha value is -0.970. The van der Waals surface area contributed by atoms with Crippen molar-refractivity contribution >= 4 is 23.4 Å². The summed E-state index contributed by atoms with van der Waals surface area (Å²) in [5.74, 6) is 3.99. The molecule has 0 aromatic carbocycles. The SMILES string of the molecule is CCNc1nc(C)nc(N(C)C(C)CCSC)c1C. The number of nitrogens with zero attached hydrogens (tertiary/aromatic N) is 3. The van der Waals surface area contributed by atoms with E-state index in [-0.39, 0.29) is 0 Å². The first kappa shape index (κ1) is 16.1. The fourth-order valence-electron chi connectivity index (χ4n) is 1.99. The van der Waals surface area contributed by atoms with Gasteiger partial charge in [0.1, 0.15) is 17.5 Å². The molecule has 0 radical (unpaired) electrons. The molecule has 19 heavy (non-hydrogen) atoms. The van der Waals surface area contributed by atoms with Crippen LogP contribution in [0.5, 0.6) is 0 Å². The molecule has 0 aliphatic rings. The van der Waals surface area contributed by atoms with Gasteiger partial charge >= 0.3 is 0 Å². The Morgan fingerprint density at radius 3 is 2.58 bits per heavy atom. The van der Waals surface area contributed by atoms with Gasteiger partial charge in [-0.25, -0.2) is 9.97 Å². The minimum atomic E-state index is 0.481. The fraction of sp³-hybridized carbons (Fsp3) is 0.714. The molecule has 1 aromatic rings. The van der Waals surface area contributed by atoms with Crippen molar-refractivity contribution in [1.82, 2.24) is 9.97 Å². The Morgan fingerprint density at radius 2 is 2.00 bits per heavy atom. The number of hydrogen-bond acceptors (Lipinski definition) is 5. The smallest absolute Gasteiger partial charge is 0.137 e. The van der Waals surface area contributed by atoms with Crippen LogP contribution in [0.3, 0.4) is 0 Å². The summed E-state index contributed by atoms with van der Waals surface area (Å²) in [6, 6.07) is 0.481. The number of hydrogen-bond donors (Lipinski definition) is 1. The van der Waals surface area contributed by atoms with Crippen LogP contribution in [0, 0.1) is 13.8 Å². The van der Waals surface area contributed by atoms with E-state index in [1.54, 1.807) is 0 Å². The van der Waals surface area contributed by atoms with Gasteiger partial charge < -0.3 is 10.2 Å². The predicted molar refractivity (Wildman–Crippen MR) is 86.5 cm³/mol. The molecule has 0 saturated carbocycles. The number of rotatable bonds is 7. The van der Waals surface area contributed by atoms with E-state index in [4.69, 9.17) is 0 Å². The Bertz CT molecular complexity index is 409. The number of aromatic nitrogens is 2. The Labute approximate surface area is 121 Å². The second-order valence-corrected chi connectivity index (χ2v) is 5.83. The van der Waals surface area contributed by atoms with E-state index in [1.807, 2.05) is 18.7 Å². The zero-order chi connectivity index (χ0) is 14.4. The van der Waals surface area contributed by atoms with Gasteiger partial charge in [-0.1, -0.05) is 0 Å². The summed E-state index contributed by atoms with van der Waals surface area (Å²) in [6.07, 6.45) is 3.31. The molecule has 0 aliphatic carbocycles. The summed E-state index contributed by atoms with van der Waals surface area (Å²) >= 11 is 1.89. The molecule has 0 fully saturated rings. The lowest BCUT2D eigenvalue weighted by atomic mass is 10.2. The molecule has 4 nitrogen and oxygen atoms in total. The van der Waals surface area contributed by atoms with Crippen molar-refractivity contribution in [3.8, 4) is 0 Å². The maximum atomic E-state index is 4.61. The van der Waals surface area contributed by atoms with E-state index in [0.29, 0.717) is 6.04 Å². The van der Waals surface area contributed by atoms with Gasteiger partial charge in [-0.05, 0) is 46.1 Å². The van der Waals surface area contributed by atoms with Crippen molar-refractivity contribution in [2.45, 2.75) is 40.2 Å². The fourth-order valence-corrected chi connectivity index (χ4v) is 2.56. The van der Waals surface area contributed by atoms with Crippen LogP contribution in [0.1, 0.15) is 31.7 Å². The predicted octanol–water partition coefficient (Wildman–Crippen LogP) is 3.10. The average Bonchev–Trinajstić information content (AvgIpc) is 2.39. The topological polar surface area (TPSA) is 41.1 Å². The van der Waals surface area contributed by atoms with Gasteiger partial charge in [-0.3, -0.25) is 0 Å². The summed E-state index contributed by atoms with van der Waals surface area (Å²) in [4.78, 5) is 11.4. The molecule has 0 bridgehead atoms. The van der Waals surface area contributed by atoms with E-state index >= 15 is 0 Å². The van der Waals surface area contributed by atoms with E-state index < -0.39 is 0 Å². The third kappa shape index (κ3) is 4.27.